The second-order valence-corrected chi connectivity index (χ2v) is 5.25. The smallest absolute Gasteiger partial charge is 0.101 e. The van der Waals surface area contributed by atoms with E-state index in [2.05, 4.69) is 11.4 Å². The minimum absolute atomic E-state index is 0.318. The highest BCUT2D eigenvalue weighted by Gasteiger charge is 2.21. The highest BCUT2D eigenvalue weighted by molar-refractivity contribution is 6.30. The Balaban J connectivity index is 1.75. The van der Waals surface area contributed by atoms with Crippen molar-refractivity contribution < 1.29 is 9.84 Å². The van der Waals surface area contributed by atoms with E-state index >= 15 is 0 Å². The van der Waals surface area contributed by atoms with Crippen molar-refractivity contribution in [2.75, 3.05) is 25.1 Å². The number of aliphatic hydroxyl groups excluding tert-OH is 1. The first-order valence-corrected chi connectivity index (χ1v) is 6.76. The van der Waals surface area contributed by atoms with Crippen molar-refractivity contribution in [3.05, 3.63) is 28.8 Å². The number of nitrogens with one attached hydrogen (secondary N) is 1. The Morgan fingerprint density at radius 1 is 1.53 bits per heavy atom. The number of benzene rings is 1. The minimum Gasteiger partial charge on any atom is -0.389 e. The van der Waals surface area contributed by atoms with E-state index in [9.17, 15) is 5.11 Å². The van der Waals surface area contributed by atoms with Crippen LogP contribution in [0.4, 0.5) is 5.69 Å². The van der Waals surface area contributed by atoms with Gasteiger partial charge in [0.25, 0.3) is 0 Å². The van der Waals surface area contributed by atoms with Crippen LogP contribution in [0.3, 0.4) is 0 Å². The molecule has 0 aromatic heterocycles. The Bertz CT molecular complexity index is 469. The topological polar surface area (TPSA) is 65.3 Å². The van der Waals surface area contributed by atoms with Gasteiger partial charge in [0, 0.05) is 18.2 Å². The van der Waals surface area contributed by atoms with Gasteiger partial charge in [-0.05, 0) is 37.0 Å². The molecule has 19 heavy (non-hydrogen) atoms. The number of anilines is 1. The quantitative estimate of drug-likeness (QED) is 0.805. The van der Waals surface area contributed by atoms with Crippen LogP contribution in [0.1, 0.15) is 18.4 Å². The third-order valence-electron chi connectivity index (χ3n) is 2.99. The highest BCUT2D eigenvalue weighted by atomic mass is 35.5. The van der Waals surface area contributed by atoms with Crippen molar-refractivity contribution in [1.82, 2.24) is 0 Å². The van der Waals surface area contributed by atoms with Gasteiger partial charge in [0.2, 0.25) is 0 Å². The maximum Gasteiger partial charge on any atom is 0.101 e. The number of rotatable bonds is 7. The number of hydrogen-bond donors (Lipinski definition) is 2. The molecule has 1 aromatic carbocycles. The van der Waals surface area contributed by atoms with E-state index in [1.165, 1.54) is 12.8 Å². The van der Waals surface area contributed by atoms with Crippen LogP contribution in [0.15, 0.2) is 18.2 Å². The lowest BCUT2D eigenvalue weighted by atomic mass is 10.2. The summed E-state index contributed by atoms with van der Waals surface area (Å²) in [5.41, 5.74) is 1.15. The first-order chi connectivity index (χ1) is 9.19. The van der Waals surface area contributed by atoms with Crippen LogP contribution in [-0.4, -0.2) is 31.0 Å². The van der Waals surface area contributed by atoms with Gasteiger partial charge in [0.15, 0.2) is 0 Å². The molecule has 2 N–H and O–H groups in total. The first kappa shape index (κ1) is 14.1. The number of ether oxygens (including phenoxy) is 1. The predicted octanol–water partition coefficient (Wildman–Crippen LogP) is 2.41. The second-order valence-electron chi connectivity index (χ2n) is 4.82. The summed E-state index contributed by atoms with van der Waals surface area (Å²) in [5.74, 6) is 0.696. The molecule has 1 atom stereocenters. The molecule has 0 amide bonds. The molecule has 1 aliphatic carbocycles. The molecule has 2 rings (SSSR count). The van der Waals surface area contributed by atoms with Gasteiger partial charge in [-0.25, -0.2) is 0 Å². The number of nitriles is 1. The lowest BCUT2D eigenvalue weighted by Gasteiger charge is -2.14. The average Bonchev–Trinajstić information content (AvgIpc) is 3.21. The van der Waals surface area contributed by atoms with Crippen LogP contribution in [0.2, 0.25) is 5.02 Å². The van der Waals surface area contributed by atoms with Gasteiger partial charge in [-0.3, -0.25) is 0 Å². The van der Waals surface area contributed by atoms with Crippen LogP contribution >= 0.6 is 11.6 Å². The Kier molecular flexibility index (Phi) is 5.03. The summed E-state index contributed by atoms with van der Waals surface area (Å²) in [6, 6.07) is 7.11. The van der Waals surface area contributed by atoms with E-state index in [1.54, 1.807) is 18.2 Å². The summed E-state index contributed by atoms with van der Waals surface area (Å²) >= 11 is 5.81. The van der Waals surface area contributed by atoms with Crippen molar-refractivity contribution in [2.24, 2.45) is 5.92 Å². The molecule has 0 aliphatic heterocycles. The second kappa shape index (κ2) is 6.76. The Labute approximate surface area is 117 Å². The number of nitrogens with zero attached hydrogens (tertiary/aromatic N) is 1. The van der Waals surface area contributed by atoms with Crippen LogP contribution < -0.4 is 5.32 Å². The zero-order valence-corrected chi connectivity index (χ0v) is 11.4. The van der Waals surface area contributed by atoms with Crippen molar-refractivity contribution in [3.63, 3.8) is 0 Å². The predicted molar refractivity (Wildman–Crippen MR) is 74.2 cm³/mol. The molecule has 1 fully saturated rings. The summed E-state index contributed by atoms with van der Waals surface area (Å²) in [6.07, 6.45) is 1.90. The zero-order valence-electron chi connectivity index (χ0n) is 10.6. The lowest BCUT2D eigenvalue weighted by molar-refractivity contribution is 0.0386. The molecule has 5 heteroatoms. The van der Waals surface area contributed by atoms with Crippen LogP contribution in [0.25, 0.3) is 0 Å². The van der Waals surface area contributed by atoms with E-state index in [1.807, 2.05) is 0 Å². The van der Waals surface area contributed by atoms with Gasteiger partial charge < -0.3 is 15.2 Å². The monoisotopic (exact) mass is 280 g/mol. The Hall–Kier alpha value is -1.28. The molecule has 1 saturated carbocycles. The first-order valence-electron chi connectivity index (χ1n) is 6.38. The van der Waals surface area contributed by atoms with Crippen molar-refractivity contribution in [3.8, 4) is 6.07 Å². The van der Waals surface area contributed by atoms with Crippen molar-refractivity contribution >= 4 is 17.3 Å². The lowest BCUT2D eigenvalue weighted by Crippen LogP contribution is -2.25. The van der Waals surface area contributed by atoms with Gasteiger partial charge in [0.1, 0.15) is 6.07 Å². The summed E-state index contributed by atoms with van der Waals surface area (Å²) < 4.78 is 5.41. The summed E-state index contributed by atoms with van der Waals surface area (Å²) in [7, 11) is 0. The molecule has 0 radical (unpaired) electrons. The zero-order chi connectivity index (χ0) is 13.7. The average molecular weight is 281 g/mol. The van der Waals surface area contributed by atoms with Gasteiger partial charge in [0.05, 0.1) is 24.0 Å². The molecule has 102 valence electrons. The molecule has 0 saturated heterocycles. The van der Waals surface area contributed by atoms with E-state index < -0.39 is 6.10 Å². The van der Waals surface area contributed by atoms with Gasteiger partial charge >= 0.3 is 0 Å². The van der Waals surface area contributed by atoms with Gasteiger partial charge in [-0.15, -0.1) is 0 Å². The maximum atomic E-state index is 9.77. The third-order valence-corrected chi connectivity index (χ3v) is 3.23. The largest absolute Gasteiger partial charge is 0.389 e. The molecule has 1 aliphatic rings. The molecule has 0 spiro atoms. The maximum absolute atomic E-state index is 9.77. The fraction of sp³-hybridized carbons (Fsp3) is 0.500. The van der Waals surface area contributed by atoms with Crippen molar-refractivity contribution in [1.29, 1.82) is 5.26 Å². The fourth-order valence-corrected chi connectivity index (χ4v) is 1.88. The fourth-order valence-electron chi connectivity index (χ4n) is 1.71. The van der Waals surface area contributed by atoms with Crippen LogP contribution in [-0.2, 0) is 4.74 Å². The van der Waals surface area contributed by atoms with Crippen LogP contribution in [0, 0.1) is 17.2 Å². The molecule has 0 bridgehead atoms. The Morgan fingerprint density at radius 3 is 3.00 bits per heavy atom. The standard InChI is InChI=1S/C14H17ClN2O2/c15-12-3-4-14(11(5-12)6-16)17-7-13(18)9-19-8-10-1-2-10/h3-5,10,13,17-18H,1-2,7-9H2/t13-/m1/s1. The Morgan fingerprint density at radius 2 is 2.32 bits per heavy atom. The van der Waals surface area contributed by atoms with E-state index in [0.29, 0.717) is 35.3 Å². The minimum atomic E-state index is -0.582. The van der Waals surface area contributed by atoms with Gasteiger partial charge in [-0.1, -0.05) is 11.6 Å². The molecule has 0 heterocycles. The molecule has 1 aromatic rings. The number of halogens is 1. The van der Waals surface area contributed by atoms with Crippen molar-refractivity contribution in [2.45, 2.75) is 18.9 Å². The molecular formula is C14H17ClN2O2. The van der Waals surface area contributed by atoms with E-state index in [0.717, 1.165) is 6.61 Å². The van der Waals surface area contributed by atoms with Gasteiger partial charge in [-0.2, -0.15) is 5.26 Å². The number of aliphatic hydroxyl groups is 1. The SMILES string of the molecule is N#Cc1cc(Cl)ccc1NC[C@@H](O)COCC1CC1. The molecule has 4 nitrogen and oxygen atoms in total. The normalized spacial score (nSPS) is 15.8. The number of hydrogen-bond acceptors (Lipinski definition) is 4. The van der Waals surface area contributed by atoms with E-state index in [-0.39, 0.29) is 0 Å². The van der Waals surface area contributed by atoms with E-state index in [4.69, 9.17) is 21.6 Å². The molecular weight excluding hydrogens is 264 g/mol. The summed E-state index contributed by atoms with van der Waals surface area (Å²) in [6.45, 7) is 1.40. The highest BCUT2D eigenvalue weighted by Crippen LogP contribution is 2.28. The molecule has 0 unspecified atom stereocenters. The summed E-state index contributed by atoms with van der Waals surface area (Å²) in [5, 5.41) is 22.3. The van der Waals surface area contributed by atoms with Crippen LogP contribution in [0.5, 0.6) is 0 Å². The summed E-state index contributed by atoms with van der Waals surface area (Å²) in [4.78, 5) is 0. The third kappa shape index (κ3) is 4.71.